The lowest BCUT2D eigenvalue weighted by molar-refractivity contribution is 0.115. The van der Waals surface area contributed by atoms with Crippen LogP contribution in [-0.2, 0) is 4.74 Å². The molecule has 1 amide bonds. The van der Waals surface area contributed by atoms with Gasteiger partial charge in [-0.05, 0) is 11.6 Å². The van der Waals surface area contributed by atoms with Crippen molar-refractivity contribution < 1.29 is 9.53 Å². The van der Waals surface area contributed by atoms with Gasteiger partial charge in [-0.25, -0.2) is 4.79 Å². The number of carbonyl (C=O) groups is 1. The van der Waals surface area contributed by atoms with Gasteiger partial charge in [-0.15, -0.1) is 0 Å². The number of carbonyl (C=O) groups excluding carboxylic acids is 1. The molecule has 0 aliphatic carbocycles. The van der Waals surface area contributed by atoms with Gasteiger partial charge in [0, 0.05) is 10.9 Å². The van der Waals surface area contributed by atoms with Gasteiger partial charge in [0.25, 0.3) is 0 Å². The number of ether oxygens (including phenoxy) is 1. The molecule has 1 aromatic carbocycles. The summed E-state index contributed by atoms with van der Waals surface area (Å²) in [6, 6.07) is 7.94. The van der Waals surface area contributed by atoms with E-state index in [0.717, 1.165) is 16.5 Å². The normalized spacial score (nSPS) is 21.2. The first-order valence-electron chi connectivity index (χ1n) is 4.45. The van der Waals surface area contributed by atoms with E-state index in [1.165, 1.54) is 0 Å². The summed E-state index contributed by atoms with van der Waals surface area (Å²) in [4.78, 5) is 11.0. The Morgan fingerprint density at radius 3 is 2.93 bits per heavy atom. The van der Waals surface area contributed by atoms with E-state index in [-0.39, 0.29) is 12.1 Å². The molecule has 1 heterocycles. The van der Waals surface area contributed by atoms with Crippen LogP contribution in [-0.4, -0.2) is 12.7 Å². The van der Waals surface area contributed by atoms with Gasteiger partial charge in [-0.1, -0.05) is 34.1 Å². The van der Waals surface area contributed by atoms with E-state index in [2.05, 4.69) is 21.2 Å². The zero-order valence-electron chi connectivity index (χ0n) is 7.50. The van der Waals surface area contributed by atoms with Crippen molar-refractivity contribution in [3.05, 3.63) is 34.3 Å². The molecule has 0 spiro atoms. The van der Waals surface area contributed by atoms with Gasteiger partial charge >= 0.3 is 6.09 Å². The van der Waals surface area contributed by atoms with Crippen LogP contribution in [0.5, 0.6) is 0 Å². The lowest BCUT2D eigenvalue weighted by Gasteiger charge is -2.24. The van der Waals surface area contributed by atoms with Gasteiger partial charge in [0.1, 0.15) is 0 Å². The Labute approximate surface area is 90.6 Å². The van der Waals surface area contributed by atoms with Crippen molar-refractivity contribution in [2.45, 2.75) is 12.5 Å². The maximum atomic E-state index is 11.0. The summed E-state index contributed by atoms with van der Waals surface area (Å²) < 4.78 is 5.82. The predicted molar refractivity (Wildman–Crippen MR) is 56.0 cm³/mol. The third-order valence-corrected chi connectivity index (χ3v) is 2.93. The maximum Gasteiger partial charge on any atom is 0.407 e. The quantitative estimate of drug-likeness (QED) is 0.838. The van der Waals surface area contributed by atoms with Crippen LogP contribution in [0.1, 0.15) is 18.0 Å². The summed E-state index contributed by atoms with van der Waals surface area (Å²) in [5.41, 5.74) is 1.10. The second-order valence-electron chi connectivity index (χ2n) is 3.14. The van der Waals surface area contributed by atoms with Gasteiger partial charge in [-0.3, -0.25) is 0 Å². The molecular formula is C10H10BrNO2. The van der Waals surface area contributed by atoms with Gasteiger partial charge in [0.2, 0.25) is 0 Å². The van der Waals surface area contributed by atoms with Crippen molar-refractivity contribution in [3.63, 3.8) is 0 Å². The van der Waals surface area contributed by atoms with Crippen LogP contribution >= 0.6 is 15.9 Å². The molecule has 1 N–H and O–H groups in total. The molecule has 14 heavy (non-hydrogen) atoms. The highest BCUT2D eigenvalue weighted by atomic mass is 79.9. The number of hydrogen-bond acceptors (Lipinski definition) is 2. The van der Waals surface area contributed by atoms with Gasteiger partial charge < -0.3 is 10.1 Å². The van der Waals surface area contributed by atoms with Crippen molar-refractivity contribution in [1.29, 1.82) is 0 Å². The zero-order chi connectivity index (χ0) is 9.97. The van der Waals surface area contributed by atoms with E-state index in [1.54, 1.807) is 0 Å². The maximum absolute atomic E-state index is 11.0. The number of nitrogens with one attached hydrogen (secondary N) is 1. The number of amides is 1. The summed E-state index contributed by atoms with van der Waals surface area (Å²) in [5, 5.41) is 2.78. The molecule has 0 aromatic heterocycles. The third-order valence-electron chi connectivity index (χ3n) is 2.21. The summed E-state index contributed by atoms with van der Waals surface area (Å²) in [7, 11) is 0. The van der Waals surface area contributed by atoms with E-state index < -0.39 is 0 Å². The summed E-state index contributed by atoms with van der Waals surface area (Å²) in [6.45, 7) is 0.484. The van der Waals surface area contributed by atoms with Crippen LogP contribution in [0.25, 0.3) is 0 Å². The average molecular weight is 256 g/mol. The highest BCUT2D eigenvalue weighted by Crippen LogP contribution is 2.26. The molecule has 0 radical (unpaired) electrons. The molecule has 0 saturated carbocycles. The molecule has 2 rings (SSSR count). The Hall–Kier alpha value is -1.03. The lowest BCUT2D eigenvalue weighted by Crippen LogP contribution is -2.35. The SMILES string of the molecule is O=C1NC(c2ccccc2Br)CCO1. The second kappa shape index (κ2) is 4.00. The number of hydrogen-bond donors (Lipinski definition) is 1. The Morgan fingerprint density at radius 2 is 2.21 bits per heavy atom. The standard InChI is InChI=1S/C10H10BrNO2/c11-8-4-2-1-3-7(8)9-5-6-14-10(13)12-9/h1-4,9H,5-6H2,(H,12,13). The molecule has 0 bridgehead atoms. The average Bonchev–Trinajstić information content (AvgIpc) is 2.18. The van der Waals surface area contributed by atoms with Crippen molar-refractivity contribution in [1.82, 2.24) is 5.32 Å². The topological polar surface area (TPSA) is 38.3 Å². The Kier molecular flexibility index (Phi) is 2.72. The highest BCUT2D eigenvalue weighted by molar-refractivity contribution is 9.10. The first kappa shape index (κ1) is 9.52. The van der Waals surface area contributed by atoms with E-state index >= 15 is 0 Å². The van der Waals surface area contributed by atoms with Crippen molar-refractivity contribution in [2.75, 3.05) is 6.61 Å². The first-order chi connectivity index (χ1) is 6.77. The molecule has 3 nitrogen and oxygen atoms in total. The predicted octanol–water partition coefficient (Wildman–Crippen LogP) is 2.62. The Morgan fingerprint density at radius 1 is 1.43 bits per heavy atom. The fourth-order valence-electron chi connectivity index (χ4n) is 1.52. The third kappa shape index (κ3) is 1.90. The molecule has 1 saturated heterocycles. The molecule has 1 fully saturated rings. The van der Waals surface area contributed by atoms with E-state index in [1.807, 2.05) is 24.3 Å². The second-order valence-corrected chi connectivity index (χ2v) is 4.00. The minimum atomic E-state index is -0.336. The van der Waals surface area contributed by atoms with E-state index in [4.69, 9.17) is 4.74 Å². The molecule has 74 valence electrons. The van der Waals surface area contributed by atoms with Crippen LogP contribution in [0.4, 0.5) is 4.79 Å². The molecular weight excluding hydrogens is 246 g/mol. The van der Waals surface area contributed by atoms with Crippen LogP contribution < -0.4 is 5.32 Å². The summed E-state index contributed by atoms with van der Waals surface area (Å²) in [6.07, 6.45) is 0.478. The van der Waals surface area contributed by atoms with Gasteiger partial charge in [0.05, 0.1) is 12.6 Å². The minimum absolute atomic E-state index is 0.0619. The molecule has 4 heteroatoms. The van der Waals surface area contributed by atoms with E-state index in [0.29, 0.717) is 6.61 Å². The van der Waals surface area contributed by atoms with Crippen LogP contribution in [0, 0.1) is 0 Å². The molecule has 1 aromatic rings. The first-order valence-corrected chi connectivity index (χ1v) is 5.24. The van der Waals surface area contributed by atoms with Crippen LogP contribution in [0.2, 0.25) is 0 Å². The number of cyclic esters (lactones) is 1. The van der Waals surface area contributed by atoms with Crippen molar-refractivity contribution >= 4 is 22.0 Å². The van der Waals surface area contributed by atoms with Crippen molar-refractivity contribution in [2.24, 2.45) is 0 Å². The fraction of sp³-hybridized carbons (Fsp3) is 0.300. The van der Waals surface area contributed by atoms with Crippen molar-refractivity contribution in [3.8, 4) is 0 Å². The number of halogens is 1. The fourth-order valence-corrected chi connectivity index (χ4v) is 2.08. The van der Waals surface area contributed by atoms with Gasteiger partial charge in [0.15, 0.2) is 0 Å². The number of alkyl carbamates (subject to hydrolysis) is 1. The minimum Gasteiger partial charge on any atom is -0.449 e. The Bertz CT molecular complexity index is 354. The number of rotatable bonds is 1. The monoisotopic (exact) mass is 255 g/mol. The lowest BCUT2D eigenvalue weighted by atomic mass is 10.0. The highest BCUT2D eigenvalue weighted by Gasteiger charge is 2.21. The largest absolute Gasteiger partial charge is 0.449 e. The zero-order valence-corrected chi connectivity index (χ0v) is 9.08. The molecule has 1 unspecified atom stereocenters. The Balaban J connectivity index is 2.22. The molecule has 1 aliphatic rings. The van der Waals surface area contributed by atoms with Gasteiger partial charge in [-0.2, -0.15) is 0 Å². The van der Waals surface area contributed by atoms with Crippen LogP contribution in [0.15, 0.2) is 28.7 Å². The smallest absolute Gasteiger partial charge is 0.407 e. The molecule has 1 atom stereocenters. The number of benzene rings is 1. The molecule has 1 aliphatic heterocycles. The summed E-state index contributed by atoms with van der Waals surface area (Å²) in [5.74, 6) is 0. The van der Waals surface area contributed by atoms with Crippen LogP contribution in [0.3, 0.4) is 0 Å². The van der Waals surface area contributed by atoms with E-state index in [9.17, 15) is 4.79 Å². The summed E-state index contributed by atoms with van der Waals surface area (Å²) >= 11 is 3.46.